The number of nitrogens with zero attached hydrogens (tertiary/aromatic N) is 1. The van der Waals surface area contributed by atoms with Gasteiger partial charge in [-0.25, -0.2) is 0 Å². The lowest BCUT2D eigenvalue weighted by Gasteiger charge is -2.17. The predicted octanol–water partition coefficient (Wildman–Crippen LogP) is 9.69. The van der Waals surface area contributed by atoms with Crippen molar-refractivity contribution in [3.63, 3.8) is 0 Å². The summed E-state index contributed by atoms with van der Waals surface area (Å²) in [6.07, 6.45) is 0.522. The number of benzene rings is 3. The van der Waals surface area contributed by atoms with Crippen LogP contribution in [0.2, 0.25) is 0 Å². The maximum Gasteiger partial charge on any atom is 0.0880 e. The van der Waals surface area contributed by atoms with Crippen LogP contribution in [0.25, 0.3) is 51.6 Å². The molecule has 6 aromatic rings. The van der Waals surface area contributed by atoms with Gasteiger partial charge in [-0.2, -0.15) is 0 Å². The Kier molecular flexibility index (Phi) is 4.17. The number of hydrogen-bond donors (Lipinski definition) is 0. The summed E-state index contributed by atoms with van der Waals surface area (Å²) in [5, 5.41) is 4.96. The van der Waals surface area contributed by atoms with Gasteiger partial charge >= 0.3 is 0 Å². The molecule has 0 atom stereocenters. The van der Waals surface area contributed by atoms with Crippen LogP contribution in [0, 0.1) is 19.3 Å². The van der Waals surface area contributed by atoms with Crippen LogP contribution in [-0.4, -0.2) is 4.98 Å². The van der Waals surface area contributed by atoms with Gasteiger partial charge in [0.1, 0.15) is 0 Å². The zero-order valence-electron chi connectivity index (χ0n) is 21.5. The highest BCUT2D eigenvalue weighted by Gasteiger charge is 2.17. The molecular formula is C30H27NS2. The van der Waals surface area contributed by atoms with Crippen LogP contribution in [0.1, 0.15) is 40.2 Å². The lowest BCUT2D eigenvalue weighted by molar-refractivity contribution is 0.411. The minimum Gasteiger partial charge on any atom is -0.255 e. The second-order valence-corrected chi connectivity index (χ2v) is 12.1. The molecule has 0 fully saturated rings. The fraction of sp³-hybridized carbons (Fsp3) is 0.233. The van der Waals surface area contributed by atoms with Crippen molar-refractivity contribution >= 4 is 63.0 Å². The zero-order valence-corrected chi connectivity index (χ0v) is 21.2. The van der Waals surface area contributed by atoms with E-state index >= 15 is 0 Å². The van der Waals surface area contributed by atoms with Crippen molar-refractivity contribution in [2.45, 2.75) is 41.0 Å². The van der Waals surface area contributed by atoms with E-state index in [1.807, 2.05) is 44.4 Å². The molecule has 0 spiro atoms. The summed E-state index contributed by atoms with van der Waals surface area (Å²) in [7, 11) is 0. The van der Waals surface area contributed by atoms with E-state index in [0.29, 0.717) is 0 Å². The summed E-state index contributed by atoms with van der Waals surface area (Å²) in [5.41, 5.74) is 4.98. The molecule has 0 N–H and O–H groups in total. The molecule has 0 unspecified atom stereocenters. The largest absolute Gasteiger partial charge is 0.255 e. The number of aromatic nitrogens is 1. The summed E-state index contributed by atoms with van der Waals surface area (Å²) in [6.45, 7) is 10.2. The van der Waals surface area contributed by atoms with Gasteiger partial charge in [0.25, 0.3) is 0 Å². The van der Waals surface area contributed by atoms with E-state index in [4.69, 9.17) is 7.73 Å². The molecule has 0 amide bonds. The molecular weight excluding hydrogens is 438 g/mol. The molecule has 164 valence electrons. The van der Waals surface area contributed by atoms with Gasteiger partial charge in [0.05, 0.1) is 19.8 Å². The highest BCUT2D eigenvalue weighted by Crippen LogP contribution is 2.46. The van der Waals surface area contributed by atoms with Crippen molar-refractivity contribution < 1.29 is 2.74 Å². The topological polar surface area (TPSA) is 12.9 Å². The number of hydrogen-bond acceptors (Lipinski definition) is 3. The maximum atomic E-state index is 8.73. The van der Waals surface area contributed by atoms with Gasteiger partial charge in [0.2, 0.25) is 0 Å². The monoisotopic (exact) mass is 467 g/mol. The molecule has 3 heteroatoms. The Bertz CT molecular complexity index is 1760. The Morgan fingerprint density at radius 1 is 0.758 bits per heavy atom. The SMILES string of the molecule is [2H]C([2H])(c1ccc2c(c1)sc1c2ccc2c3ccnc(-c4cc(C)cc(C)c4)c3sc21)C(C)(C)C. The number of aryl methyl sites for hydroxylation is 2. The van der Waals surface area contributed by atoms with Gasteiger partial charge in [0, 0.05) is 40.7 Å². The van der Waals surface area contributed by atoms with Gasteiger partial charge in [-0.15, -0.1) is 22.7 Å². The first-order valence-corrected chi connectivity index (χ1v) is 12.9. The highest BCUT2D eigenvalue weighted by molar-refractivity contribution is 7.33. The predicted molar refractivity (Wildman–Crippen MR) is 148 cm³/mol. The minimum absolute atomic E-state index is 0.479. The molecule has 0 aliphatic rings. The van der Waals surface area contributed by atoms with Crippen LogP contribution in [0.15, 0.2) is 60.8 Å². The molecule has 0 radical (unpaired) electrons. The Balaban J connectivity index is 1.62. The average molecular weight is 468 g/mol. The van der Waals surface area contributed by atoms with Crippen LogP contribution in [0.3, 0.4) is 0 Å². The second-order valence-electron chi connectivity index (χ2n) is 10.0. The van der Waals surface area contributed by atoms with Crippen molar-refractivity contribution in [3.05, 3.63) is 77.5 Å². The number of thiophene rings is 2. The van der Waals surface area contributed by atoms with Gasteiger partial charge in [-0.05, 0) is 55.5 Å². The van der Waals surface area contributed by atoms with E-state index in [-0.39, 0.29) is 0 Å². The molecule has 6 rings (SSSR count). The summed E-state index contributed by atoms with van der Waals surface area (Å²) in [4.78, 5) is 4.81. The van der Waals surface area contributed by atoms with Crippen molar-refractivity contribution in [1.29, 1.82) is 0 Å². The van der Waals surface area contributed by atoms with Gasteiger partial charge in [-0.3, -0.25) is 4.98 Å². The van der Waals surface area contributed by atoms with E-state index in [1.54, 1.807) is 11.3 Å². The Morgan fingerprint density at radius 2 is 1.39 bits per heavy atom. The standard InChI is InChI=1S/C30H27NS2/c1-17-12-18(2)14-20(13-17)26-27-24(10-11-31-26)23-9-8-22-21-7-6-19(16-30(3,4)5)15-25(21)32-28(22)29(23)33-27/h6-15H,16H2,1-5H3/i16D2. The lowest BCUT2D eigenvalue weighted by Crippen LogP contribution is -2.08. The lowest BCUT2D eigenvalue weighted by atomic mass is 9.88. The van der Waals surface area contributed by atoms with Crippen molar-refractivity contribution in [3.8, 4) is 11.3 Å². The molecule has 3 aromatic carbocycles. The third-order valence-corrected chi connectivity index (χ3v) is 8.57. The van der Waals surface area contributed by atoms with Gasteiger partial charge in [0.15, 0.2) is 0 Å². The maximum absolute atomic E-state index is 8.73. The molecule has 33 heavy (non-hydrogen) atoms. The van der Waals surface area contributed by atoms with E-state index in [1.165, 1.54) is 52.3 Å². The first kappa shape index (κ1) is 18.7. The smallest absolute Gasteiger partial charge is 0.0880 e. The molecule has 0 saturated carbocycles. The number of pyridine rings is 1. The van der Waals surface area contributed by atoms with Crippen LogP contribution in [0.5, 0.6) is 0 Å². The Morgan fingerprint density at radius 3 is 2.12 bits per heavy atom. The number of rotatable bonds is 2. The van der Waals surface area contributed by atoms with Gasteiger partial charge < -0.3 is 0 Å². The zero-order chi connectivity index (χ0) is 24.7. The third-order valence-electron chi connectivity index (χ3n) is 6.01. The Hall–Kier alpha value is -2.75. The summed E-state index contributed by atoms with van der Waals surface area (Å²) < 4.78 is 22.4. The first-order chi connectivity index (χ1) is 16.5. The van der Waals surface area contributed by atoms with E-state index < -0.39 is 11.8 Å². The van der Waals surface area contributed by atoms with Crippen LogP contribution < -0.4 is 0 Å². The van der Waals surface area contributed by atoms with Crippen molar-refractivity contribution in [2.24, 2.45) is 5.41 Å². The van der Waals surface area contributed by atoms with Crippen LogP contribution in [-0.2, 0) is 6.37 Å². The summed E-state index contributed by atoms with van der Waals surface area (Å²) in [5.74, 6) is 0. The summed E-state index contributed by atoms with van der Waals surface area (Å²) >= 11 is 3.60. The molecule has 1 nitrogen and oxygen atoms in total. The quantitative estimate of drug-likeness (QED) is 0.247. The van der Waals surface area contributed by atoms with Gasteiger partial charge in [-0.1, -0.05) is 62.2 Å². The number of fused-ring (bicyclic) bond motifs is 7. The van der Waals surface area contributed by atoms with E-state index in [2.05, 4.69) is 62.4 Å². The Labute approximate surface area is 205 Å². The highest BCUT2D eigenvalue weighted by atomic mass is 32.1. The van der Waals surface area contributed by atoms with E-state index in [9.17, 15) is 0 Å². The normalized spacial score (nSPS) is 13.8. The minimum atomic E-state index is -1.41. The van der Waals surface area contributed by atoms with Crippen molar-refractivity contribution in [1.82, 2.24) is 4.98 Å². The van der Waals surface area contributed by atoms with E-state index in [0.717, 1.165) is 16.0 Å². The molecule has 0 aliphatic carbocycles. The fourth-order valence-corrected chi connectivity index (χ4v) is 7.51. The summed E-state index contributed by atoms with van der Waals surface area (Å²) in [6, 6.07) is 19.4. The third kappa shape index (κ3) is 3.55. The first-order valence-electron chi connectivity index (χ1n) is 12.3. The molecule has 0 bridgehead atoms. The van der Waals surface area contributed by atoms with Crippen LogP contribution in [0.4, 0.5) is 0 Å². The average Bonchev–Trinajstić information content (AvgIpc) is 3.35. The molecule has 3 heterocycles. The fourth-order valence-electron chi connectivity index (χ4n) is 4.82. The second kappa shape index (κ2) is 7.38. The van der Waals surface area contributed by atoms with Crippen molar-refractivity contribution in [2.75, 3.05) is 0 Å². The molecule has 0 aliphatic heterocycles. The molecule has 0 saturated heterocycles. The molecule has 3 aromatic heterocycles. The van der Waals surface area contributed by atoms with Crippen LogP contribution >= 0.6 is 22.7 Å².